The number of anilines is 3. The average Bonchev–Trinajstić information content (AvgIpc) is 3.92. The number of carbonyl (C=O) groups is 5. The minimum Gasteiger partial charge on any atom is -0.386 e. The molecule has 0 bridgehead atoms. The van der Waals surface area contributed by atoms with E-state index in [-0.39, 0.29) is 35.5 Å². The van der Waals surface area contributed by atoms with Crippen molar-refractivity contribution in [1.29, 1.82) is 0 Å². The Hall–Kier alpha value is -6.13. The van der Waals surface area contributed by atoms with Crippen molar-refractivity contribution >= 4 is 57.4 Å². The summed E-state index contributed by atoms with van der Waals surface area (Å²) in [6.45, 7) is 5.75. The molecule has 0 aliphatic carbocycles. The third kappa shape index (κ3) is 8.86. The Morgan fingerprint density at radius 2 is 1.67 bits per heavy atom. The molecule has 0 saturated carbocycles. The van der Waals surface area contributed by atoms with Crippen LogP contribution < -0.4 is 26.2 Å². The van der Waals surface area contributed by atoms with Gasteiger partial charge in [-0.15, -0.1) is 11.3 Å². The molecule has 5 amide bonds. The average molecular weight is 843 g/mol. The third-order valence-electron chi connectivity index (χ3n) is 12.7. The molecule has 4 N–H and O–H groups in total. The molecule has 0 spiro atoms. The molecule has 2 aromatic carbocycles. The Morgan fingerprint density at radius 3 is 2.41 bits per heavy atom. The number of aromatic nitrogens is 2. The second-order valence-electron chi connectivity index (χ2n) is 16.4. The summed E-state index contributed by atoms with van der Waals surface area (Å²) < 4.78 is 0. The van der Waals surface area contributed by atoms with E-state index < -0.39 is 12.1 Å². The third-order valence-corrected chi connectivity index (χ3v) is 13.4. The summed E-state index contributed by atoms with van der Waals surface area (Å²) in [4.78, 5) is 82.1. The molecular formula is C45H50N10O5S. The van der Waals surface area contributed by atoms with Crippen molar-refractivity contribution in [2.24, 2.45) is 0 Å². The second kappa shape index (κ2) is 17.8. The maximum Gasteiger partial charge on any atom is 0.253 e. The lowest BCUT2D eigenvalue weighted by Gasteiger charge is -2.39. The molecule has 0 radical (unpaired) electrons. The van der Waals surface area contributed by atoms with Gasteiger partial charge in [0.1, 0.15) is 12.1 Å². The highest BCUT2D eigenvalue weighted by Crippen LogP contribution is 2.40. The number of pyridine rings is 1. The van der Waals surface area contributed by atoms with Crippen LogP contribution in [0.1, 0.15) is 66.7 Å². The number of nitrogens with one attached hydrogen (secondary N) is 4. The lowest BCUT2D eigenvalue weighted by molar-refractivity contribution is -0.134. The fourth-order valence-corrected chi connectivity index (χ4v) is 9.90. The summed E-state index contributed by atoms with van der Waals surface area (Å²) >= 11 is 1.34. The number of carbonyl (C=O) groups excluding carboxylic acids is 5. The van der Waals surface area contributed by atoms with Crippen molar-refractivity contribution in [1.82, 2.24) is 35.3 Å². The maximum absolute atomic E-state index is 14.2. The zero-order chi connectivity index (χ0) is 41.9. The minimum absolute atomic E-state index is 0.000645. The number of piperazine rings is 1. The largest absolute Gasteiger partial charge is 0.386 e. The van der Waals surface area contributed by atoms with Gasteiger partial charge in [0.05, 0.1) is 13.1 Å². The van der Waals surface area contributed by atoms with Crippen LogP contribution in [-0.2, 0) is 24.0 Å². The zero-order valence-electron chi connectivity index (χ0n) is 33.9. The van der Waals surface area contributed by atoms with Crippen molar-refractivity contribution in [3.05, 3.63) is 113 Å². The van der Waals surface area contributed by atoms with E-state index in [1.54, 1.807) is 16.5 Å². The molecule has 7 heterocycles. The van der Waals surface area contributed by atoms with Gasteiger partial charge in [0.15, 0.2) is 5.13 Å². The summed E-state index contributed by atoms with van der Waals surface area (Å²) in [7, 11) is 0. The molecule has 3 atom stereocenters. The van der Waals surface area contributed by atoms with E-state index in [0.717, 1.165) is 54.1 Å². The van der Waals surface area contributed by atoms with E-state index in [0.29, 0.717) is 81.7 Å². The van der Waals surface area contributed by atoms with Crippen LogP contribution in [0.15, 0.2) is 95.9 Å². The van der Waals surface area contributed by atoms with E-state index in [4.69, 9.17) is 0 Å². The number of amides is 5. The number of benzene rings is 2. The molecule has 16 heteroatoms. The highest BCUT2D eigenvalue weighted by Gasteiger charge is 2.42. The van der Waals surface area contributed by atoms with Gasteiger partial charge in [0.25, 0.3) is 11.8 Å². The van der Waals surface area contributed by atoms with E-state index in [1.807, 2.05) is 65.8 Å². The van der Waals surface area contributed by atoms with Gasteiger partial charge >= 0.3 is 0 Å². The van der Waals surface area contributed by atoms with Gasteiger partial charge in [-0.3, -0.25) is 44.5 Å². The zero-order valence-corrected chi connectivity index (χ0v) is 34.7. The fraction of sp³-hybridized carbons (Fsp3) is 0.400. The lowest BCUT2D eigenvalue weighted by Crippen LogP contribution is -2.52. The molecule has 61 heavy (non-hydrogen) atoms. The molecule has 3 unspecified atom stereocenters. The molecule has 4 aromatic rings. The molecule has 3 saturated heterocycles. The Labute approximate surface area is 358 Å². The van der Waals surface area contributed by atoms with Crippen LogP contribution in [0.3, 0.4) is 0 Å². The van der Waals surface area contributed by atoms with Crippen LogP contribution in [0, 0.1) is 0 Å². The number of hydrogen-bond donors (Lipinski definition) is 4. The Balaban J connectivity index is 0.766. The summed E-state index contributed by atoms with van der Waals surface area (Å²) in [5.41, 5.74) is 6.56. The maximum atomic E-state index is 14.2. The van der Waals surface area contributed by atoms with Crippen molar-refractivity contribution in [3.8, 4) is 0 Å². The van der Waals surface area contributed by atoms with Gasteiger partial charge in [-0.25, -0.2) is 4.98 Å². The van der Waals surface area contributed by atoms with Gasteiger partial charge in [0.2, 0.25) is 17.7 Å². The number of rotatable bonds is 11. The molecule has 3 fully saturated rings. The second-order valence-corrected chi connectivity index (χ2v) is 17.3. The first-order chi connectivity index (χ1) is 29.8. The topological polar surface area (TPSA) is 172 Å². The Kier molecular flexibility index (Phi) is 11.8. The van der Waals surface area contributed by atoms with Gasteiger partial charge in [-0.05, 0) is 79.6 Å². The summed E-state index contributed by atoms with van der Waals surface area (Å²) in [6.07, 6.45) is 8.66. The first-order valence-corrected chi connectivity index (χ1v) is 22.1. The number of thiazole rings is 1. The van der Waals surface area contributed by atoms with Crippen molar-refractivity contribution in [2.75, 3.05) is 74.4 Å². The SMILES string of the molecule is O=C1CCC(Nc2ccc(C3CCN(CC(=O)N4CCN(c5ccncc5C5CNC6=C(C5)C(=O)N(C(C(=O)Nc5nccs5)c5ccccc5)C6)CC4)CC3)cc2)C(=O)N1. The normalized spacial score (nSPS) is 21.8. The van der Waals surface area contributed by atoms with Crippen LogP contribution in [-0.4, -0.2) is 119 Å². The molecule has 15 nitrogen and oxygen atoms in total. The first-order valence-electron chi connectivity index (χ1n) is 21.2. The van der Waals surface area contributed by atoms with E-state index in [2.05, 4.69) is 53.2 Å². The smallest absolute Gasteiger partial charge is 0.253 e. The Morgan fingerprint density at radius 1 is 0.885 bits per heavy atom. The molecule has 9 rings (SSSR count). The number of imide groups is 1. The van der Waals surface area contributed by atoms with Crippen LogP contribution >= 0.6 is 11.3 Å². The molecule has 2 aromatic heterocycles. The van der Waals surface area contributed by atoms with Crippen molar-refractivity contribution in [2.45, 2.75) is 56.0 Å². The number of piperidine rings is 2. The van der Waals surface area contributed by atoms with E-state index in [9.17, 15) is 24.0 Å². The fourth-order valence-electron chi connectivity index (χ4n) is 9.37. The number of likely N-dealkylation sites (tertiary alicyclic amines) is 1. The highest BCUT2D eigenvalue weighted by atomic mass is 32.1. The van der Waals surface area contributed by atoms with Crippen LogP contribution in [0.4, 0.5) is 16.5 Å². The minimum atomic E-state index is -0.814. The van der Waals surface area contributed by atoms with Gasteiger partial charge in [0, 0.05) is 91.7 Å². The van der Waals surface area contributed by atoms with Crippen molar-refractivity contribution in [3.63, 3.8) is 0 Å². The molecule has 5 aliphatic heterocycles. The first kappa shape index (κ1) is 40.3. The predicted molar refractivity (Wildman–Crippen MR) is 232 cm³/mol. The van der Waals surface area contributed by atoms with Crippen LogP contribution in [0.25, 0.3) is 0 Å². The van der Waals surface area contributed by atoms with Crippen LogP contribution in [0.2, 0.25) is 0 Å². The Bertz CT molecular complexity index is 2290. The van der Waals surface area contributed by atoms with Crippen molar-refractivity contribution < 1.29 is 24.0 Å². The lowest BCUT2D eigenvalue weighted by atomic mass is 9.88. The summed E-state index contributed by atoms with van der Waals surface area (Å²) in [6, 6.07) is 18.5. The van der Waals surface area contributed by atoms with Gasteiger partial charge in [-0.1, -0.05) is 42.5 Å². The number of hydrogen-bond acceptors (Lipinski definition) is 12. The quantitative estimate of drug-likeness (QED) is 0.162. The molecule has 5 aliphatic rings. The molecular weight excluding hydrogens is 793 g/mol. The summed E-state index contributed by atoms with van der Waals surface area (Å²) in [5, 5.41) is 14.4. The highest BCUT2D eigenvalue weighted by molar-refractivity contribution is 7.13. The van der Waals surface area contributed by atoms with E-state index >= 15 is 0 Å². The predicted octanol–water partition coefficient (Wildman–Crippen LogP) is 3.84. The van der Waals surface area contributed by atoms with E-state index in [1.165, 1.54) is 16.9 Å². The van der Waals surface area contributed by atoms with Gasteiger partial charge < -0.3 is 25.3 Å². The summed E-state index contributed by atoms with van der Waals surface area (Å²) in [5.74, 6) is -0.377. The monoisotopic (exact) mass is 842 g/mol. The number of nitrogens with zero attached hydrogens (tertiary/aromatic N) is 6. The van der Waals surface area contributed by atoms with Gasteiger partial charge in [-0.2, -0.15) is 0 Å². The molecule has 316 valence electrons. The van der Waals surface area contributed by atoms with Crippen LogP contribution in [0.5, 0.6) is 0 Å². The standard InChI is InChI=1S/C45H50N10O5S/c56-39-11-10-36(42(58)50-39)49-33-8-6-29(7-9-33)30-13-17-52(18-14-30)28-40(57)54-21-19-53(20-22-54)38-12-15-46-26-35(38)32-24-34-37(48-25-32)27-55(44(34)60)41(31-4-2-1-3-5-31)43(59)51-45-47-16-23-61-45/h1-9,12,15-16,23,26,30,32,36,41,48-49H,10-11,13-14,17-22,24-25,27-28H2,(H,47,51,59)(H,50,56,58).